The second-order valence-electron chi connectivity index (χ2n) is 2.98. The lowest BCUT2D eigenvalue weighted by atomic mass is 10.1. The third kappa shape index (κ3) is 1.86. The van der Waals surface area contributed by atoms with Crippen molar-refractivity contribution in [1.82, 2.24) is 0 Å². The number of unbranched alkanes of at least 4 members (excludes halogenated alkanes) is 1. The van der Waals surface area contributed by atoms with Crippen LogP contribution in [-0.4, -0.2) is 0 Å². The maximum Gasteiger partial charge on any atom is 0.111 e. The highest BCUT2D eigenvalue weighted by atomic mass is 32.1. The Balaban J connectivity index is 3.11. The number of nitrogens with zero attached hydrogens (tertiary/aromatic N) is 2. The molecule has 0 aliphatic rings. The summed E-state index contributed by atoms with van der Waals surface area (Å²) in [5.74, 6) is 0. The molecule has 1 rings (SSSR count). The summed E-state index contributed by atoms with van der Waals surface area (Å²) in [7, 11) is 0. The molecule has 0 aliphatic carbocycles. The van der Waals surface area contributed by atoms with Crippen LogP contribution in [0.4, 0.5) is 5.00 Å². The van der Waals surface area contributed by atoms with Gasteiger partial charge in [0.25, 0.3) is 0 Å². The number of thiophene rings is 1. The number of rotatable bonds is 3. The lowest BCUT2D eigenvalue weighted by Crippen LogP contribution is -1.91. The topological polar surface area (TPSA) is 73.6 Å². The van der Waals surface area contributed by atoms with Gasteiger partial charge in [-0.25, -0.2) is 0 Å². The molecule has 1 aromatic rings. The summed E-state index contributed by atoms with van der Waals surface area (Å²) in [5, 5.41) is 18.2. The van der Waals surface area contributed by atoms with E-state index in [9.17, 15) is 0 Å². The van der Waals surface area contributed by atoms with Gasteiger partial charge in [-0.05, 0) is 12.8 Å². The van der Waals surface area contributed by atoms with Crippen molar-refractivity contribution in [3.8, 4) is 12.1 Å². The second kappa shape index (κ2) is 4.64. The highest BCUT2D eigenvalue weighted by molar-refractivity contribution is 7.16. The van der Waals surface area contributed by atoms with Crippen molar-refractivity contribution in [2.24, 2.45) is 0 Å². The average molecular weight is 205 g/mol. The monoisotopic (exact) mass is 205 g/mol. The van der Waals surface area contributed by atoms with E-state index in [4.69, 9.17) is 16.3 Å². The molecule has 0 atom stereocenters. The quantitative estimate of drug-likeness (QED) is 0.823. The van der Waals surface area contributed by atoms with E-state index in [0.29, 0.717) is 15.4 Å². The summed E-state index contributed by atoms with van der Waals surface area (Å²) in [6.07, 6.45) is 2.81. The van der Waals surface area contributed by atoms with E-state index in [1.807, 2.05) is 0 Å². The van der Waals surface area contributed by atoms with Gasteiger partial charge in [0.1, 0.15) is 22.0 Å². The zero-order valence-corrected chi connectivity index (χ0v) is 8.82. The molecule has 0 aliphatic heterocycles. The lowest BCUT2D eigenvalue weighted by molar-refractivity contribution is 0.795. The van der Waals surface area contributed by atoms with Crippen molar-refractivity contribution < 1.29 is 0 Å². The Morgan fingerprint density at radius 1 is 1.36 bits per heavy atom. The zero-order chi connectivity index (χ0) is 10.6. The standard InChI is InChI=1S/C10H11N3S/c1-2-3-4-7-8(5-11)10(13)14-9(7)6-12/h2-4,13H2,1H3. The summed E-state index contributed by atoms with van der Waals surface area (Å²) < 4.78 is 0. The SMILES string of the molecule is CCCCc1c(C#N)sc(N)c1C#N. The molecule has 0 saturated carbocycles. The first-order chi connectivity index (χ1) is 6.74. The third-order valence-electron chi connectivity index (χ3n) is 2.03. The normalized spacial score (nSPS) is 9.36. The summed E-state index contributed by atoms with van der Waals surface area (Å²) in [4.78, 5) is 0.590. The Morgan fingerprint density at radius 2 is 2.07 bits per heavy atom. The number of nitriles is 2. The Hall–Kier alpha value is -1.52. The highest BCUT2D eigenvalue weighted by Gasteiger charge is 2.15. The molecule has 0 saturated heterocycles. The number of anilines is 1. The lowest BCUT2D eigenvalue weighted by Gasteiger charge is -1.97. The number of nitrogen functional groups attached to an aromatic ring is 1. The van der Waals surface area contributed by atoms with Crippen molar-refractivity contribution in [1.29, 1.82) is 10.5 Å². The summed E-state index contributed by atoms with van der Waals surface area (Å²) in [6.45, 7) is 2.08. The first-order valence-electron chi connectivity index (χ1n) is 4.45. The van der Waals surface area contributed by atoms with Gasteiger partial charge in [0.05, 0.1) is 5.56 Å². The summed E-state index contributed by atoms with van der Waals surface area (Å²) >= 11 is 1.21. The molecule has 0 spiro atoms. The van der Waals surface area contributed by atoms with Gasteiger partial charge >= 0.3 is 0 Å². The minimum atomic E-state index is 0.468. The van der Waals surface area contributed by atoms with Crippen molar-refractivity contribution in [2.45, 2.75) is 26.2 Å². The summed E-state index contributed by atoms with van der Waals surface area (Å²) in [6, 6.07) is 4.15. The van der Waals surface area contributed by atoms with E-state index in [2.05, 4.69) is 19.1 Å². The second-order valence-corrected chi connectivity index (χ2v) is 4.03. The van der Waals surface area contributed by atoms with Gasteiger partial charge in [-0.2, -0.15) is 10.5 Å². The van der Waals surface area contributed by atoms with Gasteiger partial charge < -0.3 is 5.73 Å². The molecule has 1 aromatic heterocycles. The Kier molecular flexibility index (Phi) is 3.50. The van der Waals surface area contributed by atoms with Crippen LogP contribution in [0.25, 0.3) is 0 Å². The van der Waals surface area contributed by atoms with Gasteiger partial charge in [0.2, 0.25) is 0 Å². The molecule has 72 valence electrons. The van der Waals surface area contributed by atoms with Crippen LogP contribution < -0.4 is 5.73 Å². The minimum Gasteiger partial charge on any atom is -0.389 e. The van der Waals surface area contributed by atoms with Crippen LogP contribution in [0, 0.1) is 22.7 Å². The Morgan fingerprint density at radius 3 is 2.57 bits per heavy atom. The highest BCUT2D eigenvalue weighted by Crippen LogP contribution is 2.30. The van der Waals surface area contributed by atoms with E-state index in [1.54, 1.807) is 0 Å². The largest absolute Gasteiger partial charge is 0.389 e. The molecule has 4 heteroatoms. The van der Waals surface area contributed by atoms with Crippen LogP contribution in [0.3, 0.4) is 0 Å². The molecule has 14 heavy (non-hydrogen) atoms. The molecule has 3 nitrogen and oxygen atoms in total. The maximum absolute atomic E-state index is 8.87. The van der Waals surface area contributed by atoms with Crippen LogP contribution in [0.15, 0.2) is 0 Å². The number of nitrogens with two attached hydrogens (primary N) is 1. The van der Waals surface area contributed by atoms with Crippen LogP contribution >= 0.6 is 11.3 Å². The fourth-order valence-corrected chi connectivity index (χ4v) is 2.15. The predicted octanol–water partition coefficient (Wildman–Crippen LogP) is 2.42. The third-order valence-corrected chi connectivity index (χ3v) is 2.99. The fraction of sp³-hybridized carbons (Fsp3) is 0.400. The van der Waals surface area contributed by atoms with E-state index < -0.39 is 0 Å². The number of hydrogen-bond acceptors (Lipinski definition) is 4. The Bertz CT molecular complexity index is 406. The fourth-order valence-electron chi connectivity index (χ4n) is 1.29. The first-order valence-corrected chi connectivity index (χ1v) is 5.27. The van der Waals surface area contributed by atoms with Crippen molar-refractivity contribution in [3.63, 3.8) is 0 Å². The predicted molar refractivity (Wildman–Crippen MR) is 56.8 cm³/mol. The maximum atomic E-state index is 8.87. The van der Waals surface area contributed by atoms with Crippen molar-refractivity contribution in [3.05, 3.63) is 16.0 Å². The Labute approximate surface area is 87.4 Å². The van der Waals surface area contributed by atoms with Crippen LogP contribution in [0.5, 0.6) is 0 Å². The molecule has 0 aromatic carbocycles. The molecule has 0 fully saturated rings. The smallest absolute Gasteiger partial charge is 0.111 e. The molecule has 1 heterocycles. The van der Waals surface area contributed by atoms with Gasteiger partial charge in [-0.1, -0.05) is 13.3 Å². The van der Waals surface area contributed by atoms with Crippen LogP contribution in [-0.2, 0) is 6.42 Å². The molecular formula is C10H11N3S. The van der Waals surface area contributed by atoms with Gasteiger partial charge in [-0.3, -0.25) is 0 Å². The molecule has 0 radical (unpaired) electrons. The van der Waals surface area contributed by atoms with E-state index in [0.717, 1.165) is 24.8 Å². The van der Waals surface area contributed by atoms with Crippen molar-refractivity contribution in [2.75, 3.05) is 5.73 Å². The molecule has 0 bridgehead atoms. The molecule has 2 N–H and O–H groups in total. The van der Waals surface area contributed by atoms with Gasteiger partial charge in [0.15, 0.2) is 0 Å². The van der Waals surface area contributed by atoms with Crippen LogP contribution in [0.2, 0.25) is 0 Å². The van der Waals surface area contributed by atoms with E-state index in [-0.39, 0.29) is 0 Å². The zero-order valence-electron chi connectivity index (χ0n) is 8.00. The number of hydrogen-bond donors (Lipinski definition) is 1. The van der Waals surface area contributed by atoms with Crippen molar-refractivity contribution >= 4 is 16.3 Å². The van der Waals surface area contributed by atoms with Gasteiger partial charge in [-0.15, -0.1) is 11.3 Å². The van der Waals surface area contributed by atoms with E-state index >= 15 is 0 Å². The molecule has 0 unspecified atom stereocenters. The van der Waals surface area contributed by atoms with Crippen LogP contribution in [0.1, 0.15) is 35.8 Å². The molecule has 0 amide bonds. The average Bonchev–Trinajstić information content (AvgIpc) is 2.50. The first kappa shape index (κ1) is 10.6. The van der Waals surface area contributed by atoms with E-state index in [1.165, 1.54) is 11.3 Å². The minimum absolute atomic E-state index is 0.468. The molecular weight excluding hydrogens is 194 g/mol. The summed E-state index contributed by atoms with van der Waals surface area (Å²) in [5.41, 5.74) is 6.98. The van der Waals surface area contributed by atoms with Gasteiger partial charge in [0, 0.05) is 5.56 Å².